The van der Waals surface area contributed by atoms with Gasteiger partial charge >= 0.3 is 0 Å². The Labute approximate surface area is 826 Å². The molecule has 0 radical (unpaired) electrons. The highest BCUT2D eigenvalue weighted by molar-refractivity contribution is 7.92. The molecule has 12 heterocycles. The Bertz CT molecular complexity index is 5840. The van der Waals surface area contributed by atoms with E-state index >= 15 is 0 Å². The van der Waals surface area contributed by atoms with Crippen molar-refractivity contribution in [2.75, 3.05) is 180 Å². The standard InChI is InChI=1S/C39H55N4O3S.C37H51N4O3S.C37H50N3O4S.H2O/c1-5-7-19-39(20-8-6-2)30-47(44,45)37-18-15-34(41(3)4)27-36(37)38(40-39)33-13-16-35(17-14-33)46-29-32-11-9-31(10-12-32)28-43-24-21-42(22-25-43)23-26-43;1-5-7-18-37(6-2)28-45(42,43)35-17-14-32(39(3)4)25-34(35)36(38-37)31-12-15-33(16-13-31)44-27-30-10-8-29(9-11-30)26-41-22-19-40(20-23-41)21-24-41;1-5-7-16-37(6-2)27-45(41,42)35-24-34(43-4)28(3)23-33(35)36(38-37)31-12-14-32(15-13-31)44-26-30-10-8-29(9-11-30)25-40-20-17-39(18-21-40)19-22-40;/h9-18,27,38,40H,5-8,19-26,28-30H2,1-4H3;8-17,25,36,38H,5-7,18-24,26-28H2,1-4H3;8-15,23-24,36,38H,5-7,16-22,25-27H2,1-4H3;1H2/q3*+1;/t38-;2*36-,37-;/m111./s1. The third-order valence-electron chi connectivity index (χ3n) is 32.1. The molecule has 9 aromatic rings. The first kappa shape index (κ1) is 104. The monoisotopic (exact) mass is 1940 g/mol. The van der Waals surface area contributed by atoms with Crippen molar-refractivity contribution >= 4 is 40.9 Å². The molecule has 0 spiro atoms. The van der Waals surface area contributed by atoms with Gasteiger partial charge in [-0.1, -0.05) is 202 Å². The maximum Gasteiger partial charge on any atom is 0.180 e. The highest BCUT2D eigenvalue weighted by Crippen LogP contribution is 2.46. The zero-order chi connectivity index (χ0) is 96.4. The molecule has 0 unspecified atom stereocenters. The Morgan fingerprint density at radius 2 is 0.616 bits per heavy atom. The molecule has 21 rings (SSSR count). The molecule has 138 heavy (non-hydrogen) atoms. The summed E-state index contributed by atoms with van der Waals surface area (Å²) in [7, 11) is -0.961. The average molecular weight is 1940 g/mol. The predicted molar refractivity (Wildman–Crippen MR) is 558 cm³/mol. The molecule has 5 atom stereocenters. The normalized spacial score (nSPS) is 25.9. The summed E-state index contributed by atoms with van der Waals surface area (Å²) in [4.78, 5) is 13.1. The molecular formula is C113H158N11O11S3+3. The zero-order valence-corrected chi connectivity index (χ0v) is 87.0. The van der Waals surface area contributed by atoms with Crippen LogP contribution in [0.25, 0.3) is 0 Å². The van der Waals surface area contributed by atoms with Gasteiger partial charge in [0.1, 0.15) is 62.5 Å². The maximum absolute atomic E-state index is 14.0. The Morgan fingerprint density at radius 1 is 0.348 bits per heavy atom. The number of piperazine rings is 9. The molecule has 12 aliphatic rings. The fraction of sp³-hybridized carbons (Fsp3) is 0.522. The van der Waals surface area contributed by atoms with E-state index in [1.807, 2.05) is 112 Å². The highest BCUT2D eigenvalue weighted by atomic mass is 32.2. The zero-order valence-electron chi connectivity index (χ0n) is 84.6. The van der Waals surface area contributed by atoms with Crippen molar-refractivity contribution in [2.45, 2.75) is 227 Å². The van der Waals surface area contributed by atoms with E-state index in [0.29, 0.717) is 40.3 Å². The first-order chi connectivity index (χ1) is 65.9. The van der Waals surface area contributed by atoms with Crippen molar-refractivity contribution in [3.05, 3.63) is 266 Å². The number of fused-ring (bicyclic) bond motifs is 12. The molecule has 9 aromatic carbocycles. The lowest BCUT2D eigenvalue weighted by molar-refractivity contribution is -0.953. The third kappa shape index (κ3) is 24.4. The van der Waals surface area contributed by atoms with Gasteiger partial charge in [0, 0.05) is 132 Å². The highest BCUT2D eigenvalue weighted by Gasteiger charge is 2.48. The fourth-order valence-electron chi connectivity index (χ4n) is 23.0. The third-order valence-corrected chi connectivity index (χ3v) is 38.0. The minimum Gasteiger partial charge on any atom is -0.496 e. The molecule has 9 fully saturated rings. The number of sulfone groups is 3. The quantitative estimate of drug-likeness (QED) is 0.0314. The van der Waals surface area contributed by atoms with Gasteiger partial charge in [0.15, 0.2) is 29.5 Å². The lowest BCUT2D eigenvalue weighted by Gasteiger charge is -2.50. The summed E-state index contributed by atoms with van der Waals surface area (Å²) in [5.41, 5.74) is 14.7. The summed E-state index contributed by atoms with van der Waals surface area (Å²) < 4.78 is 112. The smallest absolute Gasteiger partial charge is 0.180 e. The van der Waals surface area contributed by atoms with Crippen LogP contribution in [-0.2, 0) is 69.0 Å². The maximum atomic E-state index is 14.0. The van der Waals surface area contributed by atoms with E-state index in [9.17, 15) is 25.3 Å². The van der Waals surface area contributed by atoms with E-state index < -0.39 is 46.1 Å². The molecule has 0 aromatic heterocycles. The summed E-state index contributed by atoms with van der Waals surface area (Å²) in [6.45, 7) is 42.3. The number of nitrogens with one attached hydrogen (secondary N) is 3. The Morgan fingerprint density at radius 3 is 0.899 bits per heavy atom. The second-order valence-electron chi connectivity index (χ2n) is 42.1. The molecule has 12 aliphatic heterocycles. The molecule has 9 saturated heterocycles. The summed E-state index contributed by atoms with van der Waals surface area (Å²) in [5.74, 6) is 3.34. The minimum atomic E-state index is -3.55. The number of quaternary nitrogens is 3. The van der Waals surface area contributed by atoms with Gasteiger partial charge in [-0.25, -0.2) is 25.3 Å². The predicted octanol–water partition coefficient (Wildman–Crippen LogP) is 17.6. The number of ether oxygens (including phenoxy) is 4. The number of aryl methyl sites for hydroxylation is 1. The van der Waals surface area contributed by atoms with Crippen molar-refractivity contribution in [3.63, 3.8) is 0 Å². The second kappa shape index (κ2) is 44.8. The number of hydrogen-bond donors (Lipinski definition) is 3. The SMILES string of the molecule is CCCCC1(CCCC)CS(=O)(=O)c2ccc(N(C)C)cc2[C@@H](c2ccc(OCc3ccc(C[N+]45CCN(CC4)CC5)cc3)cc2)N1.CCCC[C@]1(CC)CS(=O)(=O)c2cc(OC)c(C)cc2[C@@H](c2ccc(OCc3ccc(C[N+]45CCN(CC4)CC5)cc3)cc2)N1.CCCC[C@]1(CC)CS(=O)(=O)c2ccc(N(C)C)cc2[C@@H](c2ccc(OCc3ccc(C[N+]45CCN(CC4)CC5)cc3)cc2)N1.O. The molecule has 0 aliphatic carbocycles. The van der Waals surface area contributed by atoms with Crippen LogP contribution in [0.4, 0.5) is 11.4 Å². The summed E-state index contributed by atoms with van der Waals surface area (Å²) in [6, 6.07) is 66.1. The van der Waals surface area contributed by atoms with Gasteiger partial charge in [-0.3, -0.25) is 30.7 Å². The average Bonchev–Trinajstić information content (AvgIpc) is 1.59. The molecule has 746 valence electrons. The number of benzene rings is 9. The number of methoxy groups -OCH3 is 1. The van der Waals surface area contributed by atoms with Crippen LogP contribution in [0.5, 0.6) is 23.0 Å². The van der Waals surface area contributed by atoms with Crippen LogP contribution in [0, 0.1) is 6.92 Å². The van der Waals surface area contributed by atoms with Gasteiger partial charge < -0.3 is 47.7 Å². The number of hydrogen-bond acceptors (Lipinski definition) is 18. The van der Waals surface area contributed by atoms with Gasteiger partial charge in [-0.05, 0) is 186 Å². The molecule has 25 heteroatoms. The molecular weight excluding hydrogens is 1780 g/mol. The van der Waals surface area contributed by atoms with Crippen LogP contribution in [0.1, 0.15) is 222 Å². The van der Waals surface area contributed by atoms with Crippen LogP contribution in [0.2, 0.25) is 0 Å². The largest absolute Gasteiger partial charge is 0.496 e. The van der Waals surface area contributed by atoms with Gasteiger partial charge in [0.2, 0.25) is 0 Å². The fourth-order valence-corrected chi connectivity index (χ4v) is 29.4. The number of nitrogens with zero attached hydrogens (tertiary/aromatic N) is 8. The van der Waals surface area contributed by atoms with Crippen molar-refractivity contribution < 1.29 is 63.1 Å². The first-order valence-corrected chi connectivity index (χ1v) is 56.4. The topological polar surface area (TPSA) is 223 Å². The van der Waals surface area contributed by atoms with Crippen molar-refractivity contribution in [1.82, 2.24) is 30.7 Å². The van der Waals surface area contributed by atoms with E-state index in [4.69, 9.17) is 18.9 Å². The Balaban J connectivity index is 0.000000156. The van der Waals surface area contributed by atoms with Crippen molar-refractivity contribution in [1.29, 1.82) is 0 Å². The number of unbranched alkanes of at least 4 members (excludes halogenated alkanes) is 4. The summed E-state index contributed by atoms with van der Waals surface area (Å²) in [6.07, 6.45) is 12.8. The van der Waals surface area contributed by atoms with E-state index in [1.54, 1.807) is 19.2 Å². The van der Waals surface area contributed by atoms with E-state index in [0.717, 1.165) is 188 Å². The van der Waals surface area contributed by atoms with Crippen molar-refractivity contribution in [2.24, 2.45) is 0 Å². The Kier molecular flexibility index (Phi) is 33.6. The van der Waals surface area contributed by atoms with Crippen LogP contribution in [0.3, 0.4) is 0 Å². The van der Waals surface area contributed by atoms with Crippen LogP contribution in [-0.4, -0.2) is 246 Å². The Hall–Kier alpha value is -8.77. The minimum absolute atomic E-state index is 0. The first-order valence-electron chi connectivity index (χ1n) is 51.4. The van der Waals surface area contributed by atoms with E-state index in [2.05, 4.69) is 187 Å². The summed E-state index contributed by atoms with van der Waals surface area (Å²) in [5, 5.41) is 11.7. The van der Waals surface area contributed by atoms with Crippen LogP contribution < -0.4 is 44.7 Å². The van der Waals surface area contributed by atoms with Gasteiger partial charge in [-0.15, -0.1) is 0 Å². The molecule has 5 N–H and O–H groups in total. The van der Waals surface area contributed by atoms with Crippen LogP contribution in [0.15, 0.2) is 209 Å². The van der Waals surface area contributed by atoms with Crippen molar-refractivity contribution in [3.8, 4) is 23.0 Å². The molecule has 0 amide bonds. The molecule has 6 bridgehead atoms. The van der Waals surface area contributed by atoms with Gasteiger partial charge in [0.05, 0.1) is 116 Å². The lowest BCUT2D eigenvalue weighted by atomic mass is 9.86. The van der Waals surface area contributed by atoms with Crippen LogP contribution >= 0.6 is 0 Å². The number of anilines is 2. The van der Waals surface area contributed by atoms with Gasteiger partial charge in [-0.2, -0.15) is 0 Å². The second-order valence-corrected chi connectivity index (χ2v) is 48.0. The molecule has 0 saturated carbocycles. The van der Waals surface area contributed by atoms with E-state index in [-0.39, 0.29) is 40.9 Å². The number of rotatable bonds is 35. The lowest BCUT2D eigenvalue weighted by Crippen LogP contribution is -2.66. The molecule has 22 nitrogen and oxygen atoms in total. The van der Waals surface area contributed by atoms with Gasteiger partial charge in [0.25, 0.3) is 0 Å². The van der Waals surface area contributed by atoms with E-state index in [1.165, 1.54) is 154 Å². The summed E-state index contributed by atoms with van der Waals surface area (Å²) >= 11 is 0.